The summed E-state index contributed by atoms with van der Waals surface area (Å²) in [4.78, 5) is 25.1. The van der Waals surface area contributed by atoms with Crippen LogP contribution in [0.2, 0.25) is 0 Å². The Morgan fingerprint density at radius 2 is 1.77 bits per heavy atom. The van der Waals surface area contributed by atoms with Gasteiger partial charge in [0.15, 0.2) is 0 Å². The largest absolute Gasteiger partial charge is 0.497 e. The number of methoxy groups -OCH3 is 2. The van der Waals surface area contributed by atoms with Gasteiger partial charge in [-0.3, -0.25) is 0 Å². The van der Waals surface area contributed by atoms with Crippen LogP contribution in [0.1, 0.15) is 36.7 Å². The quantitative estimate of drug-likeness (QED) is 0.800. The fraction of sp³-hybridized carbons (Fsp3) is 0.500. The summed E-state index contributed by atoms with van der Waals surface area (Å²) in [5, 5.41) is 0. The molecule has 0 atom stereocenters. The molecular formula is C16H23NO5. The van der Waals surface area contributed by atoms with E-state index in [1.165, 1.54) is 19.1 Å². The Morgan fingerprint density at radius 1 is 1.14 bits per heavy atom. The highest BCUT2D eigenvalue weighted by atomic mass is 16.6. The van der Waals surface area contributed by atoms with Crippen molar-refractivity contribution in [2.75, 3.05) is 21.3 Å². The first-order valence-corrected chi connectivity index (χ1v) is 6.86. The fourth-order valence-corrected chi connectivity index (χ4v) is 1.78. The van der Waals surface area contributed by atoms with Gasteiger partial charge in [-0.05, 0) is 44.5 Å². The second kappa shape index (κ2) is 7.15. The van der Waals surface area contributed by atoms with E-state index in [4.69, 9.17) is 14.2 Å². The van der Waals surface area contributed by atoms with Crippen LogP contribution in [0.15, 0.2) is 18.2 Å². The van der Waals surface area contributed by atoms with E-state index in [0.717, 1.165) is 5.56 Å². The van der Waals surface area contributed by atoms with Crippen LogP contribution in [0.3, 0.4) is 0 Å². The summed E-state index contributed by atoms with van der Waals surface area (Å²) < 4.78 is 15.2. The van der Waals surface area contributed by atoms with Gasteiger partial charge in [-0.2, -0.15) is 0 Å². The van der Waals surface area contributed by atoms with Gasteiger partial charge in [-0.25, -0.2) is 9.59 Å². The van der Waals surface area contributed by atoms with Gasteiger partial charge < -0.3 is 19.1 Å². The van der Waals surface area contributed by atoms with Crippen LogP contribution >= 0.6 is 0 Å². The number of amides is 1. The Hall–Kier alpha value is -2.24. The van der Waals surface area contributed by atoms with Crippen LogP contribution in [-0.4, -0.2) is 43.8 Å². The second-order valence-electron chi connectivity index (χ2n) is 5.90. The van der Waals surface area contributed by atoms with Crippen LogP contribution in [0, 0.1) is 0 Å². The van der Waals surface area contributed by atoms with Gasteiger partial charge in [0.1, 0.15) is 11.4 Å². The molecule has 0 aliphatic heterocycles. The second-order valence-corrected chi connectivity index (χ2v) is 5.90. The van der Waals surface area contributed by atoms with Crippen LogP contribution < -0.4 is 4.74 Å². The monoisotopic (exact) mass is 309 g/mol. The topological polar surface area (TPSA) is 65.1 Å². The van der Waals surface area contributed by atoms with Crippen molar-refractivity contribution in [3.8, 4) is 5.75 Å². The molecule has 0 radical (unpaired) electrons. The van der Waals surface area contributed by atoms with Gasteiger partial charge in [0.2, 0.25) is 0 Å². The molecule has 1 rings (SSSR count). The molecular weight excluding hydrogens is 286 g/mol. The van der Waals surface area contributed by atoms with Crippen molar-refractivity contribution in [1.82, 2.24) is 4.90 Å². The highest BCUT2D eigenvalue weighted by Crippen LogP contribution is 2.19. The van der Waals surface area contributed by atoms with E-state index in [2.05, 4.69) is 0 Å². The number of nitrogens with zero attached hydrogens (tertiary/aromatic N) is 1. The van der Waals surface area contributed by atoms with Crippen molar-refractivity contribution in [2.24, 2.45) is 0 Å². The zero-order valence-corrected chi connectivity index (χ0v) is 13.9. The highest BCUT2D eigenvalue weighted by molar-refractivity contribution is 5.90. The predicted molar refractivity (Wildman–Crippen MR) is 82.0 cm³/mol. The molecule has 0 aliphatic rings. The predicted octanol–water partition coefficient (Wildman–Crippen LogP) is 2.85. The molecule has 0 unspecified atom stereocenters. The molecule has 0 bridgehead atoms. The van der Waals surface area contributed by atoms with Crippen molar-refractivity contribution < 1.29 is 23.8 Å². The smallest absolute Gasteiger partial charge is 0.410 e. The number of rotatable bonds is 4. The molecule has 0 heterocycles. The first-order chi connectivity index (χ1) is 10.2. The van der Waals surface area contributed by atoms with Gasteiger partial charge in [0.05, 0.1) is 19.8 Å². The average molecular weight is 309 g/mol. The fourth-order valence-electron chi connectivity index (χ4n) is 1.78. The number of esters is 1. The van der Waals surface area contributed by atoms with Crippen molar-refractivity contribution >= 4 is 12.1 Å². The number of carbonyl (C=O) groups excluding carboxylic acids is 2. The van der Waals surface area contributed by atoms with E-state index in [0.29, 0.717) is 11.3 Å². The first kappa shape index (κ1) is 17.8. The van der Waals surface area contributed by atoms with E-state index >= 15 is 0 Å². The average Bonchev–Trinajstić information content (AvgIpc) is 2.44. The third-order valence-electron chi connectivity index (χ3n) is 2.75. The lowest BCUT2D eigenvalue weighted by Crippen LogP contribution is -2.33. The molecule has 0 fully saturated rings. The van der Waals surface area contributed by atoms with E-state index in [9.17, 15) is 9.59 Å². The van der Waals surface area contributed by atoms with E-state index < -0.39 is 17.7 Å². The SMILES string of the molecule is COC(=O)c1cc(CN(C)C(=O)OC(C)(C)C)cc(OC)c1. The van der Waals surface area contributed by atoms with Gasteiger partial charge in [-0.1, -0.05) is 0 Å². The van der Waals surface area contributed by atoms with Crippen LogP contribution in [-0.2, 0) is 16.0 Å². The van der Waals surface area contributed by atoms with Crippen molar-refractivity contribution in [3.05, 3.63) is 29.3 Å². The van der Waals surface area contributed by atoms with E-state index in [1.807, 2.05) is 0 Å². The number of ether oxygens (including phenoxy) is 3. The Kier molecular flexibility index (Phi) is 5.79. The highest BCUT2D eigenvalue weighted by Gasteiger charge is 2.20. The summed E-state index contributed by atoms with van der Waals surface area (Å²) in [6.45, 7) is 5.70. The Balaban J connectivity index is 2.92. The van der Waals surface area contributed by atoms with Gasteiger partial charge in [0, 0.05) is 13.6 Å². The lowest BCUT2D eigenvalue weighted by atomic mass is 10.1. The zero-order chi connectivity index (χ0) is 16.9. The molecule has 22 heavy (non-hydrogen) atoms. The molecule has 0 aromatic heterocycles. The molecule has 0 N–H and O–H groups in total. The standard InChI is InChI=1S/C16H23NO5/c1-16(2,3)22-15(19)17(4)10-11-7-12(14(18)21-6)9-13(8-11)20-5/h7-9H,10H2,1-6H3. The Bertz CT molecular complexity index is 548. The molecule has 0 saturated carbocycles. The third-order valence-corrected chi connectivity index (χ3v) is 2.75. The number of benzene rings is 1. The van der Waals surface area contributed by atoms with Crippen molar-refractivity contribution in [2.45, 2.75) is 32.9 Å². The first-order valence-electron chi connectivity index (χ1n) is 6.86. The molecule has 6 nitrogen and oxygen atoms in total. The minimum absolute atomic E-state index is 0.288. The molecule has 0 saturated heterocycles. The molecule has 122 valence electrons. The van der Waals surface area contributed by atoms with Gasteiger partial charge >= 0.3 is 12.1 Å². The molecule has 0 aliphatic carbocycles. The summed E-state index contributed by atoms with van der Waals surface area (Å²) in [6.07, 6.45) is -0.435. The molecule has 1 amide bonds. The third kappa shape index (κ3) is 5.27. The number of hydrogen-bond donors (Lipinski definition) is 0. The maximum Gasteiger partial charge on any atom is 0.410 e. The van der Waals surface area contributed by atoms with Gasteiger partial charge in [0.25, 0.3) is 0 Å². The molecule has 1 aromatic rings. The van der Waals surface area contributed by atoms with Gasteiger partial charge in [-0.15, -0.1) is 0 Å². The van der Waals surface area contributed by atoms with Crippen molar-refractivity contribution in [1.29, 1.82) is 0 Å². The Labute approximate surface area is 131 Å². The van der Waals surface area contributed by atoms with Crippen LogP contribution in [0.4, 0.5) is 4.79 Å². The van der Waals surface area contributed by atoms with E-state index in [1.54, 1.807) is 46.0 Å². The lowest BCUT2D eigenvalue weighted by molar-refractivity contribution is 0.0285. The van der Waals surface area contributed by atoms with Crippen LogP contribution in [0.5, 0.6) is 5.75 Å². The molecule has 0 spiro atoms. The minimum Gasteiger partial charge on any atom is -0.497 e. The lowest BCUT2D eigenvalue weighted by Gasteiger charge is -2.24. The summed E-state index contributed by atoms with van der Waals surface area (Å²) in [5.41, 5.74) is 0.555. The van der Waals surface area contributed by atoms with Crippen LogP contribution in [0.25, 0.3) is 0 Å². The Morgan fingerprint density at radius 3 is 2.27 bits per heavy atom. The summed E-state index contributed by atoms with van der Waals surface area (Å²) in [6, 6.07) is 5.01. The number of carbonyl (C=O) groups is 2. The summed E-state index contributed by atoms with van der Waals surface area (Å²) in [5.74, 6) is 0.0653. The summed E-state index contributed by atoms with van der Waals surface area (Å²) in [7, 11) is 4.46. The maximum absolute atomic E-state index is 12.0. The molecule has 6 heteroatoms. The zero-order valence-electron chi connectivity index (χ0n) is 13.9. The summed E-state index contributed by atoms with van der Waals surface area (Å²) >= 11 is 0. The maximum atomic E-state index is 12.0. The molecule has 1 aromatic carbocycles. The van der Waals surface area contributed by atoms with E-state index in [-0.39, 0.29) is 6.54 Å². The minimum atomic E-state index is -0.559. The van der Waals surface area contributed by atoms with Crippen molar-refractivity contribution in [3.63, 3.8) is 0 Å². The normalized spacial score (nSPS) is 10.8. The number of hydrogen-bond acceptors (Lipinski definition) is 5.